The van der Waals surface area contributed by atoms with E-state index in [1.807, 2.05) is 18.4 Å². The molecule has 20 heavy (non-hydrogen) atoms. The minimum atomic E-state index is -3.51. The summed E-state index contributed by atoms with van der Waals surface area (Å²) < 4.78 is 28.9. The summed E-state index contributed by atoms with van der Waals surface area (Å²) in [5.74, 6) is 1.04. The normalized spacial score (nSPS) is 23.9. The van der Waals surface area contributed by atoms with Crippen molar-refractivity contribution < 1.29 is 8.42 Å². The molecule has 1 heterocycles. The second kappa shape index (κ2) is 6.45. The van der Waals surface area contributed by atoms with Crippen LogP contribution in [0.1, 0.15) is 38.4 Å². The Bertz CT molecular complexity index is 556. The SMILES string of the molecule is CCn1cc(S(=O)(=O)NCC2CCCC(Cl)C2)nc1C. The zero-order chi connectivity index (χ0) is 14.8. The Hall–Kier alpha value is -0.590. The predicted molar refractivity (Wildman–Crippen MR) is 79.4 cm³/mol. The van der Waals surface area contributed by atoms with Crippen molar-refractivity contribution in [2.24, 2.45) is 5.92 Å². The lowest BCUT2D eigenvalue weighted by molar-refractivity contribution is 0.361. The summed E-state index contributed by atoms with van der Waals surface area (Å²) in [5.41, 5.74) is 0. The van der Waals surface area contributed by atoms with Crippen LogP contribution in [-0.4, -0.2) is 29.9 Å². The molecule has 0 aromatic carbocycles. The average Bonchev–Trinajstić information content (AvgIpc) is 2.79. The largest absolute Gasteiger partial charge is 0.334 e. The van der Waals surface area contributed by atoms with Crippen molar-refractivity contribution in [3.8, 4) is 0 Å². The van der Waals surface area contributed by atoms with Gasteiger partial charge in [-0.1, -0.05) is 6.42 Å². The van der Waals surface area contributed by atoms with Gasteiger partial charge in [0.05, 0.1) is 0 Å². The predicted octanol–water partition coefficient (Wildman–Crippen LogP) is 2.29. The lowest BCUT2D eigenvalue weighted by Gasteiger charge is -2.25. The molecule has 0 bridgehead atoms. The molecule has 1 aromatic rings. The first kappa shape index (κ1) is 15.8. The molecule has 1 fully saturated rings. The summed E-state index contributed by atoms with van der Waals surface area (Å²) in [6, 6.07) is 0. The van der Waals surface area contributed by atoms with Crippen LogP contribution in [-0.2, 0) is 16.6 Å². The molecule has 0 spiro atoms. The van der Waals surface area contributed by atoms with E-state index in [9.17, 15) is 8.42 Å². The average molecular weight is 320 g/mol. The molecule has 0 saturated heterocycles. The number of imidazole rings is 1. The maximum absolute atomic E-state index is 12.2. The van der Waals surface area contributed by atoms with Gasteiger partial charge >= 0.3 is 0 Å². The van der Waals surface area contributed by atoms with Crippen LogP contribution in [0.15, 0.2) is 11.2 Å². The Balaban J connectivity index is 1.99. The zero-order valence-corrected chi connectivity index (χ0v) is 13.5. The van der Waals surface area contributed by atoms with E-state index in [2.05, 4.69) is 9.71 Å². The number of halogens is 1. The molecule has 2 unspecified atom stereocenters. The standard InChI is InChI=1S/C13H22ClN3O2S/c1-3-17-9-13(16-10(17)2)20(18,19)15-8-11-5-4-6-12(14)7-11/h9,11-12,15H,3-8H2,1-2H3. The Morgan fingerprint density at radius 3 is 2.85 bits per heavy atom. The topological polar surface area (TPSA) is 64.0 Å². The van der Waals surface area contributed by atoms with Crippen LogP contribution in [0.25, 0.3) is 0 Å². The van der Waals surface area contributed by atoms with Gasteiger partial charge in [0.15, 0.2) is 5.03 Å². The minimum Gasteiger partial charge on any atom is -0.334 e. The van der Waals surface area contributed by atoms with Gasteiger partial charge in [-0.25, -0.2) is 18.1 Å². The van der Waals surface area contributed by atoms with Gasteiger partial charge in [-0.2, -0.15) is 0 Å². The molecule has 1 aliphatic carbocycles. The first-order valence-electron chi connectivity index (χ1n) is 7.10. The summed E-state index contributed by atoms with van der Waals surface area (Å²) in [7, 11) is -3.51. The van der Waals surface area contributed by atoms with Gasteiger partial charge < -0.3 is 4.57 Å². The first-order chi connectivity index (χ1) is 9.42. The third-order valence-corrected chi connectivity index (χ3v) is 5.54. The zero-order valence-electron chi connectivity index (χ0n) is 12.0. The third kappa shape index (κ3) is 3.74. The van der Waals surface area contributed by atoms with Crippen molar-refractivity contribution in [1.82, 2.24) is 14.3 Å². The van der Waals surface area contributed by atoms with Crippen LogP contribution >= 0.6 is 11.6 Å². The molecule has 7 heteroatoms. The van der Waals surface area contributed by atoms with E-state index in [0.29, 0.717) is 24.8 Å². The number of nitrogens with one attached hydrogen (secondary N) is 1. The van der Waals surface area contributed by atoms with Gasteiger partial charge in [0.2, 0.25) is 0 Å². The monoisotopic (exact) mass is 319 g/mol. The number of nitrogens with zero attached hydrogens (tertiary/aromatic N) is 2. The smallest absolute Gasteiger partial charge is 0.259 e. The summed E-state index contributed by atoms with van der Waals surface area (Å²) in [6.07, 6.45) is 5.61. The molecular weight excluding hydrogens is 298 g/mol. The Labute approximate surface area is 125 Å². The van der Waals surface area contributed by atoms with Crippen LogP contribution in [0.3, 0.4) is 0 Å². The van der Waals surface area contributed by atoms with E-state index < -0.39 is 10.0 Å². The van der Waals surface area contributed by atoms with Crippen LogP contribution in [0.4, 0.5) is 0 Å². The highest BCUT2D eigenvalue weighted by atomic mass is 35.5. The fraction of sp³-hybridized carbons (Fsp3) is 0.769. The quantitative estimate of drug-likeness (QED) is 0.847. The van der Waals surface area contributed by atoms with Gasteiger partial charge in [-0.05, 0) is 39.0 Å². The number of hydrogen-bond donors (Lipinski definition) is 1. The van der Waals surface area contributed by atoms with E-state index in [1.54, 1.807) is 6.20 Å². The second-order valence-corrected chi connectivity index (χ2v) is 7.73. The van der Waals surface area contributed by atoms with Gasteiger partial charge in [0.25, 0.3) is 10.0 Å². The van der Waals surface area contributed by atoms with E-state index in [4.69, 9.17) is 11.6 Å². The second-order valence-electron chi connectivity index (χ2n) is 5.39. The van der Waals surface area contributed by atoms with Crippen molar-refractivity contribution in [2.75, 3.05) is 6.54 Å². The van der Waals surface area contributed by atoms with Crippen LogP contribution in [0.2, 0.25) is 0 Å². The van der Waals surface area contributed by atoms with Crippen molar-refractivity contribution in [3.05, 3.63) is 12.0 Å². The molecular formula is C13H22ClN3O2S. The molecule has 2 rings (SSSR count). The van der Waals surface area contributed by atoms with Crippen molar-refractivity contribution in [2.45, 2.75) is 56.5 Å². The molecule has 0 radical (unpaired) electrons. The maximum Gasteiger partial charge on any atom is 0.259 e. The van der Waals surface area contributed by atoms with Gasteiger partial charge in [-0.3, -0.25) is 0 Å². The molecule has 114 valence electrons. The van der Waals surface area contributed by atoms with Crippen molar-refractivity contribution in [3.63, 3.8) is 0 Å². The summed E-state index contributed by atoms with van der Waals surface area (Å²) in [5, 5.41) is 0.287. The van der Waals surface area contributed by atoms with Crippen molar-refractivity contribution >= 4 is 21.6 Å². The summed E-state index contributed by atoms with van der Waals surface area (Å²) in [6.45, 7) is 4.93. The highest BCUT2D eigenvalue weighted by molar-refractivity contribution is 7.89. The Kier molecular flexibility index (Phi) is 5.09. The lowest BCUT2D eigenvalue weighted by Crippen LogP contribution is -2.32. The molecule has 0 amide bonds. The first-order valence-corrected chi connectivity index (χ1v) is 9.02. The molecule has 0 aliphatic heterocycles. The van der Waals surface area contributed by atoms with Gasteiger partial charge in [0.1, 0.15) is 5.82 Å². The minimum absolute atomic E-state index is 0.107. The molecule has 5 nitrogen and oxygen atoms in total. The number of aromatic nitrogens is 2. The van der Waals surface area contributed by atoms with Crippen LogP contribution in [0.5, 0.6) is 0 Å². The molecule has 2 atom stereocenters. The van der Waals surface area contributed by atoms with E-state index >= 15 is 0 Å². The molecule has 1 N–H and O–H groups in total. The van der Waals surface area contributed by atoms with Crippen LogP contribution < -0.4 is 4.72 Å². The third-order valence-electron chi connectivity index (χ3n) is 3.85. The number of hydrogen-bond acceptors (Lipinski definition) is 3. The molecule has 1 aliphatic rings. The number of rotatable bonds is 5. The fourth-order valence-electron chi connectivity index (χ4n) is 2.64. The number of aryl methyl sites for hydroxylation is 2. The summed E-state index contributed by atoms with van der Waals surface area (Å²) >= 11 is 6.13. The Morgan fingerprint density at radius 2 is 2.25 bits per heavy atom. The van der Waals surface area contributed by atoms with Gasteiger partial charge in [0, 0.05) is 24.7 Å². The highest BCUT2D eigenvalue weighted by Gasteiger charge is 2.24. The summed E-state index contributed by atoms with van der Waals surface area (Å²) in [4.78, 5) is 4.12. The molecule has 1 aromatic heterocycles. The fourth-order valence-corrected chi connectivity index (χ4v) is 4.17. The van der Waals surface area contributed by atoms with E-state index in [0.717, 1.165) is 25.7 Å². The number of alkyl halides is 1. The van der Waals surface area contributed by atoms with Crippen molar-refractivity contribution in [1.29, 1.82) is 0 Å². The Morgan fingerprint density at radius 1 is 1.50 bits per heavy atom. The van der Waals surface area contributed by atoms with E-state index in [-0.39, 0.29) is 10.4 Å². The lowest BCUT2D eigenvalue weighted by atomic mass is 9.89. The maximum atomic E-state index is 12.2. The van der Waals surface area contributed by atoms with Gasteiger partial charge in [-0.15, -0.1) is 11.6 Å². The van der Waals surface area contributed by atoms with Crippen LogP contribution in [0, 0.1) is 12.8 Å². The van der Waals surface area contributed by atoms with E-state index in [1.165, 1.54) is 0 Å². The molecule has 1 saturated carbocycles. The highest BCUT2D eigenvalue weighted by Crippen LogP contribution is 2.27. The number of sulfonamides is 1.